The lowest BCUT2D eigenvalue weighted by Gasteiger charge is -2.09. The first-order valence-corrected chi connectivity index (χ1v) is 5.86. The molecule has 0 unspecified atom stereocenters. The van der Waals surface area contributed by atoms with Gasteiger partial charge in [-0.05, 0) is 12.1 Å². The Labute approximate surface area is 110 Å². The number of hydrogen-bond donors (Lipinski definition) is 2. The molecule has 94 valence electrons. The summed E-state index contributed by atoms with van der Waals surface area (Å²) in [4.78, 5) is 0. The largest absolute Gasteiger partial charge is 0.492 e. The van der Waals surface area contributed by atoms with Crippen molar-refractivity contribution in [2.75, 3.05) is 6.61 Å². The molecule has 2 aromatic rings. The van der Waals surface area contributed by atoms with Crippen LogP contribution in [0, 0.1) is 0 Å². The van der Waals surface area contributed by atoms with Gasteiger partial charge < -0.3 is 15.7 Å². The zero-order valence-electron chi connectivity index (χ0n) is 9.64. The molecule has 2 aromatic carbocycles. The number of fused-ring (bicyclic) bond motifs is 1. The molecule has 0 fully saturated rings. The zero-order chi connectivity index (χ0) is 13.0. The smallest absolute Gasteiger partial charge is 0.142 e. The molecule has 18 heavy (non-hydrogen) atoms. The van der Waals surface area contributed by atoms with Crippen LogP contribution in [0.2, 0.25) is 5.02 Å². The molecule has 0 spiro atoms. The zero-order valence-corrected chi connectivity index (χ0v) is 10.4. The van der Waals surface area contributed by atoms with Gasteiger partial charge in [-0.25, -0.2) is 0 Å². The maximum Gasteiger partial charge on any atom is 0.142 e. The van der Waals surface area contributed by atoms with Crippen molar-refractivity contribution in [3.8, 4) is 5.75 Å². The molecule has 0 aliphatic rings. The van der Waals surface area contributed by atoms with Crippen LogP contribution in [0.4, 0.5) is 0 Å². The van der Waals surface area contributed by atoms with Gasteiger partial charge in [0.15, 0.2) is 0 Å². The minimum Gasteiger partial charge on any atom is -0.492 e. The highest BCUT2D eigenvalue weighted by molar-refractivity contribution is 6.35. The van der Waals surface area contributed by atoms with E-state index in [1.54, 1.807) is 6.07 Å². The van der Waals surface area contributed by atoms with Crippen LogP contribution < -0.4 is 10.5 Å². The Hall–Kier alpha value is -1.94. The predicted octanol–water partition coefficient (Wildman–Crippen LogP) is 3.01. The van der Waals surface area contributed by atoms with Crippen molar-refractivity contribution in [1.29, 1.82) is 0 Å². The highest BCUT2D eigenvalue weighted by atomic mass is 35.5. The number of ether oxygens (including phenoxy) is 1. The highest BCUT2D eigenvalue weighted by Crippen LogP contribution is 2.31. The van der Waals surface area contributed by atoms with Crippen LogP contribution in [-0.2, 0) is 0 Å². The summed E-state index contributed by atoms with van der Waals surface area (Å²) in [6.07, 6.45) is 0.369. The van der Waals surface area contributed by atoms with E-state index in [2.05, 4.69) is 5.16 Å². The topological polar surface area (TPSA) is 67.8 Å². The maximum absolute atomic E-state index is 8.43. The Balaban J connectivity index is 2.21. The van der Waals surface area contributed by atoms with E-state index in [9.17, 15) is 0 Å². The van der Waals surface area contributed by atoms with E-state index in [4.69, 9.17) is 27.3 Å². The number of nitrogens with two attached hydrogens (primary N) is 1. The second-order valence-electron chi connectivity index (χ2n) is 3.78. The van der Waals surface area contributed by atoms with E-state index in [-0.39, 0.29) is 5.84 Å². The normalized spacial score (nSPS) is 11.7. The number of hydrogen-bond acceptors (Lipinski definition) is 3. The van der Waals surface area contributed by atoms with Crippen molar-refractivity contribution in [1.82, 2.24) is 0 Å². The molecule has 0 saturated heterocycles. The van der Waals surface area contributed by atoms with Gasteiger partial charge in [0.1, 0.15) is 11.6 Å². The second kappa shape index (κ2) is 5.60. The molecule has 3 N–H and O–H groups in total. The molecule has 0 bridgehead atoms. The van der Waals surface area contributed by atoms with Gasteiger partial charge in [-0.1, -0.05) is 41.0 Å². The summed E-state index contributed by atoms with van der Waals surface area (Å²) in [6, 6.07) is 11.3. The molecule has 0 aliphatic heterocycles. The Morgan fingerprint density at radius 1 is 1.22 bits per heavy atom. The van der Waals surface area contributed by atoms with Crippen molar-refractivity contribution in [3.05, 3.63) is 41.4 Å². The Morgan fingerprint density at radius 2 is 1.94 bits per heavy atom. The van der Waals surface area contributed by atoms with Crippen LogP contribution in [0.25, 0.3) is 10.8 Å². The number of benzene rings is 2. The van der Waals surface area contributed by atoms with Crippen LogP contribution in [0.1, 0.15) is 6.42 Å². The predicted molar refractivity (Wildman–Crippen MR) is 72.5 cm³/mol. The molecule has 0 atom stereocenters. The van der Waals surface area contributed by atoms with Crippen LogP contribution >= 0.6 is 11.6 Å². The summed E-state index contributed by atoms with van der Waals surface area (Å²) >= 11 is 6.11. The molecule has 0 saturated carbocycles. The fourth-order valence-electron chi connectivity index (χ4n) is 1.68. The Bertz CT molecular complexity index is 584. The van der Waals surface area contributed by atoms with Crippen molar-refractivity contribution in [2.45, 2.75) is 6.42 Å². The van der Waals surface area contributed by atoms with E-state index >= 15 is 0 Å². The van der Waals surface area contributed by atoms with Crippen molar-refractivity contribution >= 4 is 28.2 Å². The molecule has 5 heteroatoms. The van der Waals surface area contributed by atoms with E-state index in [1.807, 2.05) is 30.3 Å². The summed E-state index contributed by atoms with van der Waals surface area (Å²) in [5, 5.41) is 13.9. The van der Waals surface area contributed by atoms with Crippen molar-refractivity contribution in [2.24, 2.45) is 10.9 Å². The molecule has 2 rings (SSSR count). The van der Waals surface area contributed by atoms with Gasteiger partial charge in [0.25, 0.3) is 0 Å². The monoisotopic (exact) mass is 264 g/mol. The van der Waals surface area contributed by atoms with Gasteiger partial charge in [0.05, 0.1) is 6.61 Å². The lowest BCUT2D eigenvalue weighted by atomic mass is 10.1. The SMILES string of the molecule is N/C(CCOc1ccc(Cl)c2ccccc12)=N\O. The van der Waals surface area contributed by atoms with Crippen molar-refractivity contribution in [3.63, 3.8) is 0 Å². The quantitative estimate of drug-likeness (QED) is 0.386. The fourth-order valence-corrected chi connectivity index (χ4v) is 1.90. The molecule has 0 heterocycles. The minimum absolute atomic E-state index is 0.147. The van der Waals surface area contributed by atoms with Gasteiger partial charge >= 0.3 is 0 Å². The first-order chi connectivity index (χ1) is 8.72. The number of oxime groups is 1. The van der Waals surface area contributed by atoms with Gasteiger partial charge in [0.2, 0.25) is 0 Å². The minimum atomic E-state index is 0.147. The first-order valence-electron chi connectivity index (χ1n) is 5.49. The fraction of sp³-hybridized carbons (Fsp3) is 0.154. The molecular formula is C13H13ClN2O2. The molecule has 0 aromatic heterocycles. The third kappa shape index (κ3) is 2.65. The van der Waals surface area contributed by atoms with Crippen molar-refractivity contribution < 1.29 is 9.94 Å². The summed E-state index contributed by atoms with van der Waals surface area (Å²) in [7, 11) is 0. The summed E-state index contributed by atoms with van der Waals surface area (Å²) < 4.78 is 5.62. The summed E-state index contributed by atoms with van der Waals surface area (Å²) in [6.45, 7) is 0.349. The average molecular weight is 265 g/mol. The highest BCUT2D eigenvalue weighted by Gasteiger charge is 2.05. The van der Waals surface area contributed by atoms with Gasteiger partial charge in [-0.2, -0.15) is 0 Å². The summed E-state index contributed by atoms with van der Waals surface area (Å²) in [5.74, 6) is 0.883. The van der Waals surface area contributed by atoms with Gasteiger partial charge in [-0.3, -0.25) is 0 Å². The average Bonchev–Trinajstić information content (AvgIpc) is 2.41. The van der Waals surface area contributed by atoms with E-state index in [0.717, 1.165) is 16.5 Å². The number of amidine groups is 1. The van der Waals surface area contributed by atoms with E-state index in [1.165, 1.54) is 0 Å². The van der Waals surface area contributed by atoms with Crippen LogP contribution in [0.5, 0.6) is 5.75 Å². The maximum atomic E-state index is 8.43. The molecule has 0 aliphatic carbocycles. The van der Waals surface area contributed by atoms with E-state index < -0.39 is 0 Å². The lowest BCUT2D eigenvalue weighted by Crippen LogP contribution is -2.15. The van der Waals surface area contributed by atoms with Gasteiger partial charge in [-0.15, -0.1) is 0 Å². The summed E-state index contributed by atoms with van der Waals surface area (Å²) in [5.41, 5.74) is 5.37. The first kappa shape index (κ1) is 12.5. The molecule has 0 radical (unpaired) electrons. The third-order valence-electron chi connectivity index (χ3n) is 2.58. The molecule has 0 amide bonds. The Morgan fingerprint density at radius 3 is 2.67 bits per heavy atom. The van der Waals surface area contributed by atoms with Crippen LogP contribution in [0.15, 0.2) is 41.6 Å². The van der Waals surface area contributed by atoms with Crippen LogP contribution in [0.3, 0.4) is 0 Å². The number of rotatable bonds is 4. The van der Waals surface area contributed by atoms with Gasteiger partial charge in [0, 0.05) is 22.2 Å². The third-order valence-corrected chi connectivity index (χ3v) is 2.90. The molecule has 4 nitrogen and oxygen atoms in total. The second-order valence-corrected chi connectivity index (χ2v) is 4.19. The van der Waals surface area contributed by atoms with Crippen LogP contribution in [-0.4, -0.2) is 17.6 Å². The lowest BCUT2D eigenvalue weighted by molar-refractivity contribution is 0.307. The Kier molecular flexibility index (Phi) is 3.89. The van der Waals surface area contributed by atoms with E-state index in [0.29, 0.717) is 18.1 Å². The number of nitrogens with zero attached hydrogens (tertiary/aromatic N) is 1. The number of halogens is 1. The molecular weight excluding hydrogens is 252 g/mol. The standard InChI is InChI=1S/C13H13ClN2O2/c14-11-5-6-12(18-8-7-13(15)16-17)10-4-2-1-3-9(10)11/h1-6,17H,7-8H2,(H2,15,16).